The summed E-state index contributed by atoms with van der Waals surface area (Å²) in [5, 5.41) is 5.53. The number of thioether (sulfide) groups is 1. The van der Waals surface area contributed by atoms with Crippen molar-refractivity contribution in [2.24, 2.45) is 0 Å². The van der Waals surface area contributed by atoms with Crippen LogP contribution in [0.3, 0.4) is 0 Å². The largest absolute Gasteiger partial charge is 0.494 e. The number of pyridine rings is 1. The Bertz CT molecular complexity index is 1440. The number of rotatable bonds is 11. The van der Waals surface area contributed by atoms with Gasteiger partial charge in [-0.25, -0.2) is 0 Å². The number of anilines is 1. The number of carbonyl (C=O) groups excluding carboxylic acids is 3. The zero-order chi connectivity index (χ0) is 27.5. The van der Waals surface area contributed by atoms with Gasteiger partial charge in [-0.3, -0.25) is 19.4 Å². The molecule has 196 valence electrons. The highest BCUT2D eigenvalue weighted by Gasteiger charge is 2.15. The van der Waals surface area contributed by atoms with Crippen LogP contribution in [0.4, 0.5) is 5.69 Å². The molecule has 2 amide bonds. The number of carbonyl (C=O) groups is 3. The lowest BCUT2D eigenvalue weighted by atomic mass is 10.1. The number of hydrogen-bond acceptors (Lipinski definition) is 6. The van der Waals surface area contributed by atoms with E-state index in [4.69, 9.17) is 4.74 Å². The van der Waals surface area contributed by atoms with Crippen LogP contribution in [0.15, 0.2) is 114 Å². The van der Waals surface area contributed by atoms with Crippen molar-refractivity contribution in [2.75, 3.05) is 17.7 Å². The molecule has 0 aliphatic carbocycles. The number of benzene rings is 3. The SMILES string of the molecule is CCOc1ccc(C(=O)CSc2ccc(NC(=O)/C(=C/c3cccnc3)NC(=O)c3ccccc3)cc2)cc1. The first-order valence-electron chi connectivity index (χ1n) is 12.3. The number of nitrogens with one attached hydrogen (secondary N) is 2. The molecule has 0 atom stereocenters. The minimum atomic E-state index is -0.478. The molecule has 4 rings (SSSR count). The minimum Gasteiger partial charge on any atom is -0.494 e. The zero-order valence-corrected chi connectivity index (χ0v) is 22.1. The van der Waals surface area contributed by atoms with Crippen LogP contribution in [0, 0.1) is 0 Å². The number of aromatic nitrogens is 1. The van der Waals surface area contributed by atoms with Crippen molar-refractivity contribution in [1.82, 2.24) is 10.3 Å². The molecule has 3 aromatic carbocycles. The second kappa shape index (κ2) is 13.7. The molecule has 0 saturated carbocycles. The fraction of sp³-hybridized carbons (Fsp3) is 0.0968. The molecule has 7 nitrogen and oxygen atoms in total. The highest BCUT2D eigenvalue weighted by Crippen LogP contribution is 2.22. The maximum Gasteiger partial charge on any atom is 0.272 e. The lowest BCUT2D eigenvalue weighted by molar-refractivity contribution is -0.113. The number of Topliss-reactive ketones (excluding diaryl/α,β-unsaturated/α-hetero) is 1. The van der Waals surface area contributed by atoms with Gasteiger partial charge in [0.25, 0.3) is 11.8 Å². The monoisotopic (exact) mass is 537 g/mol. The summed E-state index contributed by atoms with van der Waals surface area (Å²) in [6.07, 6.45) is 4.80. The number of nitrogens with zero attached hydrogens (tertiary/aromatic N) is 1. The van der Waals surface area contributed by atoms with Gasteiger partial charge in [-0.1, -0.05) is 24.3 Å². The Labute approximate surface area is 231 Å². The van der Waals surface area contributed by atoms with E-state index in [-0.39, 0.29) is 17.2 Å². The van der Waals surface area contributed by atoms with E-state index in [9.17, 15) is 14.4 Å². The average Bonchev–Trinajstić information content (AvgIpc) is 2.98. The van der Waals surface area contributed by atoms with Crippen molar-refractivity contribution in [3.05, 3.63) is 126 Å². The van der Waals surface area contributed by atoms with Crippen molar-refractivity contribution >= 4 is 41.1 Å². The second-order valence-electron chi connectivity index (χ2n) is 8.31. The van der Waals surface area contributed by atoms with Crippen molar-refractivity contribution in [3.8, 4) is 5.75 Å². The molecule has 0 unspecified atom stereocenters. The normalized spacial score (nSPS) is 10.9. The molecule has 0 aliphatic rings. The topological polar surface area (TPSA) is 97.4 Å². The first-order valence-corrected chi connectivity index (χ1v) is 13.3. The molecule has 1 aromatic heterocycles. The van der Waals surface area contributed by atoms with Crippen LogP contribution in [0.1, 0.15) is 33.2 Å². The Morgan fingerprint density at radius 1 is 0.872 bits per heavy atom. The van der Waals surface area contributed by atoms with Crippen molar-refractivity contribution in [1.29, 1.82) is 0 Å². The van der Waals surface area contributed by atoms with Gasteiger partial charge in [-0.15, -0.1) is 11.8 Å². The summed E-state index contributed by atoms with van der Waals surface area (Å²) < 4.78 is 5.42. The van der Waals surface area contributed by atoms with Gasteiger partial charge < -0.3 is 15.4 Å². The lowest BCUT2D eigenvalue weighted by Crippen LogP contribution is -2.30. The number of ketones is 1. The third kappa shape index (κ3) is 8.15. The van der Waals surface area contributed by atoms with E-state index in [1.165, 1.54) is 11.8 Å². The van der Waals surface area contributed by atoms with Crippen LogP contribution in [0.25, 0.3) is 6.08 Å². The van der Waals surface area contributed by atoms with Crippen LogP contribution in [-0.2, 0) is 4.79 Å². The van der Waals surface area contributed by atoms with Gasteiger partial charge in [0.2, 0.25) is 0 Å². The van der Waals surface area contributed by atoms with Gasteiger partial charge >= 0.3 is 0 Å². The molecule has 0 aliphatic heterocycles. The fourth-order valence-electron chi connectivity index (χ4n) is 3.54. The van der Waals surface area contributed by atoms with E-state index in [1.807, 2.05) is 25.1 Å². The summed E-state index contributed by atoms with van der Waals surface area (Å²) >= 11 is 1.41. The summed E-state index contributed by atoms with van der Waals surface area (Å²) in [5.74, 6) is 0.152. The highest BCUT2D eigenvalue weighted by atomic mass is 32.2. The summed E-state index contributed by atoms with van der Waals surface area (Å²) in [5.41, 5.74) is 2.35. The summed E-state index contributed by atoms with van der Waals surface area (Å²) in [4.78, 5) is 43.4. The van der Waals surface area contributed by atoms with Crippen LogP contribution in [-0.4, -0.2) is 34.9 Å². The number of amides is 2. The van der Waals surface area contributed by atoms with Crippen molar-refractivity contribution in [2.45, 2.75) is 11.8 Å². The van der Waals surface area contributed by atoms with E-state index >= 15 is 0 Å². The first-order chi connectivity index (χ1) is 19.0. The van der Waals surface area contributed by atoms with Gasteiger partial charge in [0.1, 0.15) is 11.4 Å². The maximum atomic E-state index is 13.1. The molecule has 8 heteroatoms. The average molecular weight is 538 g/mol. The van der Waals surface area contributed by atoms with Crippen molar-refractivity contribution in [3.63, 3.8) is 0 Å². The predicted octanol–water partition coefficient (Wildman–Crippen LogP) is 5.86. The summed E-state index contributed by atoms with van der Waals surface area (Å²) in [6.45, 7) is 2.48. The number of hydrogen-bond donors (Lipinski definition) is 2. The Balaban J connectivity index is 1.39. The molecule has 39 heavy (non-hydrogen) atoms. The summed E-state index contributed by atoms with van der Waals surface area (Å²) in [7, 11) is 0. The molecule has 4 aromatic rings. The quantitative estimate of drug-likeness (QED) is 0.141. The third-order valence-electron chi connectivity index (χ3n) is 5.49. The third-order valence-corrected chi connectivity index (χ3v) is 6.51. The Kier molecular flexibility index (Phi) is 9.63. The van der Waals surface area contributed by atoms with Gasteiger partial charge in [0.15, 0.2) is 5.78 Å². The second-order valence-corrected chi connectivity index (χ2v) is 9.36. The molecule has 1 heterocycles. The standard InChI is InChI=1S/C31H27N3O4S/c1-2-38-26-14-10-23(11-15-26)29(35)21-39-27-16-12-25(13-17-27)33-31(37)28(19-22-7-6-18-32-20-22)34-30(36)24-8-4-3-5-9-24/h3-20H,2,21H2,1H3,(H,33,37)(H,34,36)/b28-19-. The van der Waals surface area contributed by atoms with E-state index in [0.717, 1.165) is 10.6 Å². The molecule has 2 N–H and O–H groups in total. The van der Waals surface area contributed by atoms with Crippen LogP contribution in [0.5, 0.6) is 5.75 Å². The molecule has 0 fully saturated rings. The molecule has 0 saturated heterocycles. The Morgan fingerprint density at radius 2 is 1.62 bits per heavy atom. The van der Waals surface area contributed by atoms with Gasteiger partial charge in [0.05, 0.1) is 12.4 Å². The van der Waals surface area contributed by atoms with Gasteiger partial charge in [-0.2, -0.15) is 0 Å². The number of ether oxygens (including phenoxy) is 1. The molecular formula is C31H27N3O4S. The van der Waals surface area contributed by atoms with E-state index in [2.05, 4.69) is 15.6 Å². The van der Waals surface area contributed by atoms with Gasteiger partial charge in [0, 0.05) is 34.1 Å². The molecule has 0 radical (unpaired) electrons. The van der Waals surface area contributed by atoms with Crippen LogP contribution >= 0.6 is 11.8 Å². The van der Waals surface area contributed by atoms with Crippen molar-refractivity contribution < 1.29 is 19.1 Å². The zero-order valence-electron chi connectivity index (χ0n) is 21.3. The van der Waals surface area contributed by atoms with E-state index in [0.29, 0.717) is 29.0 Å². The Morgan fingerprint density at radius 3 is 2.28 bits per heavy atom. The summed E-state index contributed by atoms with van der Waals surface area (Å²) in [6, 6.07) is 26.5. The van der Waals surface area contributed by atoms with Gasteiger partial charge in [-0.05, 0) is 85.3 Å². The predicted molar refractivity (Wildman–Crippen MR) is 154 cm³/mol. The van der Waals surface area contributed by atoms with Crippen LogP contribution < -0.4 is 15.4 Å². The van der Waals surface area contributed by atoms with E-state index in [1.54, 1.807) is 91.3 Å². The lowest BCUT2D eigenvalue weighted by Gasteiger charge is -2.12. The first kappa shape index (κ1) is 27.3. The fourth-order valence-corrected chi connectivity index (χ4v) is 4.33. The smallest absolute Gasteiger partial charge is 0.272 e. The highest BCUT2D eigenvalue weighted by molar-refractivity contribution is 8.00. The van der Waals surface area contributed by atoms with E-state index < -0.39 is 11.8 Å². The van der Waals surface area contributed by atoms with Crippen LogP contribution in [0.2, 0.25) is 0 Å². The molecular weight excluding hydrogens is 510 g/mol. The Hall–Kier alpha value is -4.69. The molecule has 0 spiro atoms. The molecule has 0 bridgehead atoms. The maximum absolute atomic E-state index is 13.1. The minimum absolute atomic E-state index is 0.0137.